The van der Waals surface area contributed by atoms with Crippen molar-refractivity contribution in [2.75, 3.05) is 7.11 Å². The molecule has 0 radical (unpaired) electrons. The van der Waals surface area contributed by atoms with E-state index in [2.05, 4.69) is 41.8 Å². The van der Waals surface area contributed by atoms with E-state index in [9.17, 15) is 4.79 Å². The lowest BCUT2D eigenvalue weighted by atomic mass is 9.96. The van der Waals surface area contributed by atoms with Crippen molar-refractivity contribution in [3.63, 3.8) is 0 Å². The Morgan fingerprint density at radius 2 is 1.80 bits per heavy atom. The van der Waals surface area contributed by atoms with Crippen LogP contribution in [0.25, 0.3) is 11.1 Å². The maximum atomic E-state index is 12.5. The van der Waals surface area contributed by atoms with E-state index in [0.717, 1.165) is 60.4 Å². The molecule has 2 aromatic carbocycles. The summed E-state index contributed by atoms with van der Waals surface area (Å²) >= 11 is 0. The van der Waals surface area contributed by atoms with Gasteiger partial charge in [0.15, 0.2) is 0 Å². The summed E-state index contributed by atoms with van der Waals surface area (Å²) in [6.07, 6.45) is 3.99. The third-order valence-corrected chi connectivity index (χ3v) is 5.80. The summed E-state index contributed by atoms with van der Waals surface area (Å²) in [6.45, 7) is 7.05. The molecule has 0 bridgehead atoms. The highest BCUT2D eigenvalue weighted by atomic mass is 16.5. The summed E-state index contributed by atoms with van der Waals surface area (Å²) in [6, 6.07) is 16.6. The first-order valence-electron chi connectivity index (χ1n) is 10.7. The molecule has 3 rings (SSSR count). The maximum absolute atomic E-state index is 12.5. The summed E-state index contributed by atoms with van der Waals surface area (Å²) in [5.41, 5.74) is 13.0. The number of aromatic nitrogens is 1. The van der Waals surface area contributed by atoms with Crippen LogP contribution in [0.5, 0.6) is 5.75 Å². The lowest BCUT2D eigenvalue weighted by Crippen LogP contribution is -2.14. The highest BCUT2D eigenvalue weighted by Gasteiger charge is 2.24. The average Bonchev–Trinajstić information content (AvgIpc) is 3.02. The number of hydrogen-bond acceptors (Lipinski definition) is 2. The van der Waals surface area contributed by atoms with Gasteiger partial charge in [0.1, 0.15) is 5.75 Å². The minimum absolute atomic E-state index is 0.368. The lowest BCUT2D eigenvalue weighted by Gasteiger charge is -2.14. The summed E-state index contributed by atoms with van der Waals surface area (Å²) in [7, 11) is 1.67. The fourth-order valence-corrected chi connectivity index (χ4v) is 4.24. The lowest BCUT2D eigenvalue weighted by molar-refractivity contribution is 0.1000. The molecule has 0 unspecified atom stereocenters. The third-order valence-electron chi connectivity index (χ3n) is 5.80. The van der Waals surface area contributed by atoms with E-state index in [0.29, 0.717) is 5.56 Å². The fraction of sp³-hybridized carbons (Fsp3) is 0.346. The van der Waals surface area contributed by atoms with Gasteiger partial charge in [0.05, 0.1) is 12.7 Å². The van der Waals surface area contributed by atoms with E-state index < -0.39 is 0 Å². The van der Waals surface area contributed by atoms with E-state index >= 15 is 0 Å². The van der Waals surface area contributed by atoms with Crippen LogP contribution >= 0.6 is 0 Å². The zero-order valence-electron chi connectivity index (χ0n) is 18.5. The number of carbonyl (C=O) groups excluding carboxylic acids is 1. The van der Waals surface area contributed by atoms with Crippen LogP contribution in [0.2, 0.25) is 0 Å². The first-order chi connectivity index (χ1) is 14.5. The number of unbranched alkanes of at least 4 members (excludes halogenated alkanes) is 1. The first-order valence-corrected chi connectivity index (χ1v) is 10.7. The Bertz CT molecular complexity index is 1020. The van der Waals surface area contributed by atoms with Crippen molar-refractivity contribution in [3.8, 4) is 16.9 Å². The van der Waals surface area contributed by atoms with Crippen LogP contribution in [0.4, 0.5) is 0 Å². The normalized spacial score (nSPS) is 10.9. The minimum Gasteiger partial charge on any atom is -0.496 e. The van der Waals surface area contributed by atoms with Gasteiger partial charge in [-0.2, -0.15) is 0 Å². The Hall–Kier alpha value is -3.01. The molecule has 0 saturated carbocycles. The Balaban J connectivity index is 2.13. The fourth-order valence-electron chi connectivity index (χ4n) is 4.24. The monoisotopic (exact) mass is 404 g/mol. The molecule has 0 atom stereocenters. The van der Waals surface area contributed by atoms with Crippen LogP contribution in [0.3, 0.4) is 0 Å². The molecule has 0 spiro atoms. The number of primary amides is 1. The number of benzene rings is 2. The second kappa shape index (κ2) is 9.66. The molecule has 1 amide bonds. The van der Waals surface area contributed by atoms with Gasteiger partial charge in [-0.15, -0.1) is 0 Å². The van der Waals surface area contributed by atoms with Gasteiger partial charge in [-0.1, -0.05) is 49.7 Å². The van der Waals surface area contributed by atoms with Gasteiger partial charge in [-0.05, 0) is 61.9 Å². The Labute approximate surface area is 179 Å². The van der Waals surface area contributed by atoms with Crippen molar-refractivity contribution < 1.29 is 9.53 Å². The van der Waals surface area contributed by atoms with Crippen molar-refractivity contribution in [3.05, 3.63) is 76.6 Å². The number of nitrogens with zero attached hydrogens (tertiary/aromatic N) is 1. The van der Waals surface area contributed by atoms with Gasteiger partial charge >= 0.3 is 0 Å². The number of methoxy groups -OCH3 is 1. The molecule has 0 aliphatic carbocycles. The van der Waals surface area contributed by atoms with Gasteiger partial charge in [0, 0.05) is 23.5 Å². The van der Waals surface area contributed by atoms with Gasteiger partial charge in [0.2, 0.25) is 0 Å². The van der Waals surface area contributed by atoms with Crippen LogP contribution in [-0.4, -0.2) is 17.6 Å². The van der Waals surface area contributed by atoms with Crippen molar-refractivity contribution in [2.45, 2.75) is 53.0 Å². The van der Waals surface area contributed by atoms with Crippen LogP contribution in [0, 0.1) is 13.8 Å². The number of rotatable bonds is 9. The summed E-state index contributed by atoms with van der Waals surface area (Å²) in [4.78, 5) is 12.5. The number of nitrogens with two attached hydrogens (primary N) is 1. The Morgan fingerprint density at radius 1 is 1.07 bits per heavy atom. The molecule has 0 aliphatic rings. The smallest absolute Gasteiger partial charge is 0.251 e. The molecule has 0 saturated heterocycles. The molecule has 1 heterocycles. The molecule has 30 heavy (non-hydrogen) atoms. The van der Waals surface area contributed by atoms with Crippen LogP contribution in [0.1, 0.15) is 52.6 Å². The first kappa shape index (κ1) is 21.7. The second-order valence-electron chi connectivity index (χ2n) is 7.82. The number of hydrogen-bond donors (Lipinski definition) is 1. The average molecular weight is 405 g/mol. The molecule has 3 aromatic rings. The molecule has 158 valence electrons. The predicted molar refractivity (Wildman–Crippen MR) is 123 cm³/mol. The number of amides is 1. The standard InChI is InChI=1S/C26H32N2O2/c1-5-6-12-22-25(21-13-14-23(30-4)18(2)17-21)24(26(27)29)19(3)28(22)16-15-20-10-8-7-9-11-20/h7-11,13-14,17H,5-6,12,15-16H2,1-4H3,(H2,27,29). The summed E-state index contributed by atoms with van der Waals surface area (Å²) in [5.74, 6) is 0.474. The Morgan fingerprint density at radius 3 is 2.40 bits per heavy atom. The van der Waals surface area contributed by atoms with Crippen molar-refractivity contribution in [1.82, 2.24) is 4.57 Å². The second-order valence-corrected chi connectivity index (χ2v) is 7.82. The van der Waals surface area contributed by atoms with E-state index in [1.165, 1.54) is 11.3 Å². The molecular formula is C26H32N2O2. The zero-order valence-corrected chi connectivity index (χ0v) is 18.5. The highest BCUT2D eigenvalue weighted by molar-refractivity contribution is 6.02. The summed E-state index contributed by atoms with van der Waals surface area (Å²) < 4.78 is 7.73. The van der Waals surface area contributed by atoms with Crippen LogP contribution in [-0.2, 0) is 19.4 Å². The van der Waals surface area contributed by atoms with Gasteiger partial charge < -0.3 is 15.0 Å². The number of aryl methyl sites for hydroxylation is 2. The SMILES string of the molecule is CCCCc1c(-c2ccc(OC)c(C)c2)c(C(N)=O)c(C)n1CCc1ccccc1. The third kappa shape index (κ3) is 4.43. The number of ether oxygens (including phenoxy) is 1. The van der Waals surface area contributed by atoms with E-state index in [1.54, 1.807) is 7.11 Å². The molecule has 2 N–H and O–H groups in total. The van der Waals surface area contributed by atoms with Gasteiger partial charge in [0.25, 0.3) is 5.91 Å². The maximum Gasteiger partial charge on any atom is 0.251 e. The van der Waals surface area contributed by atoms with E-state index in [4.69, 9.17) is 10.5 Å². The number of carbonyl (C=O) groups is 1. The van der Waals surface area contributed by atoms with Crippen molar-refractivity contribution >= 4 is 5.91 Å². The summed E-state index contributed by atoms with van der Waals surface area (Å²) in [5, 5.41) is 0. The molecule has 4 nitrogen and oxygen atoms in total. The zero-order chi connectivity index (χ0) is 21.7. The molecule has 0 fully saturated rings. The van der Waals surface area contributed by atoms with E-state index in [1.807, 2.05) is 32.0 Å². The molecule has 0 aliphatic heterocycles. The predicted octanol–water partition coefficient (Wildman–Crippen LogP) is 5.46. The van der Waals surface area contributed by atoms with E-state index in [-0.39, 0.29) is 5.91 Å². The quantitative estimate of drug-likeness (QED) is 0.514. The highest BCUT2D eigenvalue weighted by Crippen LogP contribution is 2.36. The van der Waals surface area contributed by atoms with Gasteiger partial charge in [-0.25, -0.2) is 0 Å². The van der Waals surface area contributed by atoms with Crippen LogP contribution < -0.4 is 10.5 Å². The van der Waals surface area contributed by atoms with Crippen LogP contribution in [0.15, 0.2) is 48.5 Å². The van der Waals surface area contributed by atoms with Crippen molar-refractivity contribution in [2.24, 2.45) is 5.73 Å². The molecular weight excluding hydrogens is 372 g/mol. The molecule has 4 heteroatoms. The largest absolute Gasteiger partial charge is 0.496 e. The molecule has 1 aromatic heterocycles. The minimum atomic E-state index is -0.368. The van der Waals surface area contributed by atoms with Gasteiger partial charge in [-0.3, -0.25) is 4.79 Å². The topological polar surface area (TPSA) is 57.2 Å². The Kier molecular flexibility index (Phi) is 6.99. The van der Waals surface area contributed by atoms with Crippen molar-refractivity contribution in [1.29, 1.82) is 0 Å².